The molecule has 9 nitrogen and oxygen atoms in total. The van der Waals surface area contributed by atoms with E-state index in [2.05, 4.69) is 26.7 Å². The Balaban J connectivity index is 1.74. The lowest BCUT2D eigenvalue weighted by Crippen LogP contribution is -2.44. The predicted octanol–water partition coefficient (Wildman–Crippen LogP) is 2.45. The van der Waals surface area contributed by atoms with E-state index in [9.17, 15) is 9.59 Å². The van der Waals surface area contributed by atoms with Gasteiger partial charge in [-0.1, -0.05) is 30.2 Å². The second kappa shape index (κ2) is 10.1. The third kappa shape index (κ3) is 4.45. The van der Waals surface area contributed by atoms with Crippen LogP contribution in [0.25, 0.3) is 21.8 Å². The van der Waals surface area contributed by atoms with Gasteiger partial charge >= 0.3 is 0 Å². The Morgan fingerprint density at radius 3 is 2.78 bits per heavy atom. The van der Waals surface area contributed by atoms with E-state index < -0.39 is 0 Å². The summed E-state index contributed by atoms with van der Waals surface area (Å²) < 4.78 is 3.41. The number of anilines is 1. The minimum absolute atomic E-state index is 0.0122. The average molecular weight is 498 g/mol. The number of nitrogens with zero attached hydrogens (tertiary/aromatic N) is 6. The summed E-state index contributed by atoms with van der Waals surface area (Å²) in [6, 6.07) is 9.90. The minimum Gasteiger partial charge on any atom is -0.356 e. The third-order valence-electron chi connectivity index (χ3n) is 6.87. The topological polar surface area (TPSA) is 102 Å². The van der Waals surface area contributed by atoms with Crippen LogP contribution in [0.2, 0.25) is 0 Å². The summed E-state index contributed by atoms with van der Waals surface area (Å²) in [5.74, 6) is 6.48. The summed E-state index contributed by atoms with van der Waals surface area (Å²) in [7, 11) is 3.41. The van der Waals surface area contributed by atoms with Crippen molar-refractivity contribution in [1.82, 2.24) is 24.0 Å². The second-order valence-electron chi connectivity index (χ2n) is 9.61. The molecule has 1 aliphatic heterocycles. The van der Waals surface area contributed by atoms with Crippen molar-refractivity contribution in [1.29, 1.82) is 0 Å². The van der Waals surface area contributed by atoms with E-state index in [4.69, 9.17) is 5.73 Å². The van der Waals surface area contributed by atoms with E-state index in [1.807, 2.05) is 34.9 Å². The van der Waals surface area contributed by atoms with Gasteiger partial charge in [0.25, 0.3) is 11.5 Å². The van der Waals surface area contributed by atoms with Crippen LogP contribution in [0.3, 0.4) is 0 Å². The van der Waals surface area contributed by atoms with Gasteiger partial charge in [0, 0.05) is 44.8 Å². The molecule has 37 heavy (non-hydrogen) atoms. The van der Waals surface area contributed by atoms with Crippen molar-refractivity contribution < 1.29 is 4.79 Å². The number of nitrogens with two attached hydrogens (primary N) is 1. The number of pyridine rings is 1. The fourth-order valence-electron chi connectivity index (χ4n) is 5.10. The number of hydrogen-bond donors (Lipinski definition) is 1. The number of benzene rings is 1. The van der Waals surface area contributed by atoms with Gasteiger partial charge in [0.1, 0.15) is 22.4 Å². The third-order valence-corrected chi connectivity index (χ3v) is 6.87. The van der Waals surface area contributed by atoms with Gasteiger partial charge in [-0.25, -0.2) is 4.98 Å². The lowest BCUT2D eigenvalue weighted by Gasteiger charge is -2.33. The molecule has 1 aliphatic rings. The monoisotopic (exact) mass is 497 g/mol. The summed E-state index contributed by atoms with van der Waals surface area (Å²) >= 11 is 0. The van der Waals surface area contributed by atoms with Gasteiger partial charge in [-0.15, -0.1) is 5.92 Å². The summed E-state index contributed by atoms with van der Waals surface area (Å²) in [6.45, 7) is 3.62. The standard InChI is InChI=1S/C28H31N7O2/c1-4-5-15-35-25-24(23(27(36)32(2)3)26(35)33-14-8-10-20(29)16-33)31-18-34(28(25)37)17-22-21-11-7-6-9-19(21)12-13-30-22/h6-7,9,11-13,18,20H,8,10,14-17,29H2,1-3H3. The quantitative estimate of drug-likeness (QED) is 0.425. The van der Waals surface area contributed by atoms with Crippen molar-refractivity contribution in [2.45, 2.75) is 38.9 Å². The van der Waals surface area contributed by atoms with Crippen molar-refractivity contribution in [2.24, 2.45) is 5.73 Å². The zero-order valence-electron chi connectivity index (χ0n) is 21.4. The van der Waals surface area contributed by atoms with E-state index in [1.54, 1.807) is 31.8 Å². The molecule has 1 unspecified atom stereocenters. The van der Waals surface area contributed by atoms with Crippen molar-refractivity contribution in [3.05, 3.63) is 64.5 Å². The Hall–Kier alpha value is -4.16. The summed E-state index contributed by atoms with van der Waals surface area (Å²) in [4.78, 5) is 40.4. The number of hydrogen-bond acceptors (Lipinski definition) is 6. The number of amides is 1. The van der Waals surface area contributed by atoms with Gasteiger partial charge < -0.3 is 20.1 Å². The smallest absolute Gasteiger partial charge is 0.278 e. The highest BCUT2D eigenvalue weighted by Crippen LogP contribution is 2.33. The molecule has 4 aromatic rings. The van der Waals surface area contributed by atoms with Gasteiger partial charge in [-0.05, 0) is 31.2 Å². The molecule has 190 valence electrons. The molecule has 0 spiro atoms. The molecular weight excluding hydrogens is 466 g/mol. The maximum atomic E-state index is 14.0. The number of carbonyl (C=O) groups is 1. The van der Waals surface area contributed by atoms with E-state index >= 15 is 0 Å². The lowest BCUT2D eigenvalue weighted by atomic mass is 10.1. The maximum Gasteiger partial charge on any atom is 0.278 e. The largest absolute Gasteiger partial charge is 0.356 e. The van der Waals surface area contributed by atoms with Gasteiger partial charge in [-0.3, -0.25) is 19.1 Å². The van der Waals surface area contributed by atoms with Crippen LogP contribution in [0.4, 0.5) is 5.82 Å². The molecule has 0 bridgehead atoms. The van der Waals surface area contributed by atoms with Crippen LogP contribution < -0.4 is 16.2 Å². The van der Waals surface area contributed by atoms with Crippen LogP contribution in [-0.2, 0) is 13.1 Å². The van der Waals surface area contributed by atoms with Crippen LogP contribution in [0.5, 0.6) is 0 Å². The zero-order chi connectivity index (χ0) is 26.1. The van der Waals surface area contributed by atoms with Crippen LogP contribution in [0.1, 0.15) is 35.8 Å². The summed E-state index contributed by atoms with van der Waals surface area (Å²) in [6.07, 6.45) is 5.09. The zero-order valence-corrected chi connectivity index (χ0v) is 21.4. The fraction of sp³-hybridized carbons (Fsp3) is 0.357. The first-order chi connectivity index (χ1) is 17.9. The molecular formula is C28H31N7O2. The molecule has 0 aliphatic carbocycles. The fourth-order valence-corrected chi connectivity index (χ4v) is 5.10. The highest BCUT2D eigenvalue weighted by Gasteiger charge is 2.32. The number of carbonyl (C=O) groups excluding carboxylic acids is 1. The first kappa shape index (κ1) is 24.5. The van der Waals surface area contributed by atoms with Crippen molar-refractivity contribution in [2.75, 3.05) is 32.1 Å². The molecule has 1 fully saturated rings. The van der Waals surface area contributed by atoms with E-state index in [0.29, 0.717) is 29.0 Å². The predicted molar refractivity (Wildman–Crippen MR) is 146 cm³/mol. The molecule has 1 saturated heterocycles. The Kier molecular flexibility index (Phi) is 6.68. The van der Waals surface area contributed by atoms with Crippen LogP contribution in [0, 0.1) is 11.8 Å². The van der Waals surface area contributed by atoms with E-state index in [-0.39, 0.29) is 30.6 Å². The second-order valence-corrected chi connectivity index (χ2v) is 9.61. The Morgan fingerprint density at radius 2 is 2.03 bits per heavy atom. The van der Waals surface area contributed by atoms with E-state index in [0.717, 1.165) is 35.9 Å². The SMILES string of the molecule is CC#CCn1c(N2CCCC(N)C2)c(C(=O)N(C)C)c2ncn(Cc3nccc4ccccc34)c(=O)c21. The minimum atomic E-state index is -0.238. The highest BCUT2D eigenvalue weighted by molar-refractivity contribution is 6.10. The summed E-state index contributed by atoms with van der Waals surface area (Å²) in [5.41, 5.74) is 8.02. The summed E-state index contributed by atoms with van der Waals surface area (Å²) in [5, 5.41) is 2.04. The van der Waals surface area contributed by atoms with Gasteiger partial charge in [-0.2, -0.15) is 0 Å². The molecule has 2 N–H and O–H groups in total. The number of fused-ring (bicyclic) bond motifs is 2. The van der Waals surface area contributed by atoms with Crippen molar-refractivity contribution in [3.8, 4) is 11.8 Å². The Morgan fingerprint density at radius 1 is 1.22 bits per heavy atom. The van der Waals surface area contributed by atoms with Gasteiger partial charge in [0.15, 0.2) is 0 Å². The number of piperidine rings is 1. The highest BCUT2D eigenvalue weighted by atomic mass is 16.2. The van der Waals surface area contributed by atoms with Crippen LogP contribution in [-0.4, -0.2) is 63.1 Å². The van der Waals surface area contributed by atoms with Gasteiger partial charge in [0.2, 0.25) is 0 Å². The normalized spacial score (nSPS) is 15.6. The Bertz CT molecular complexity index is 1600. The number of rotatable bonds is 5. The lowest BCUT2D eigenvalue weighted by molar-refractivity contribution is 0.0829. The first-order valence-electron chi connectivity index (χ1n) is 12.5. The molecule has 5 rings (SSSR count). The molecule has 1 amide bonds. The molecule has 1 atom stereocenters. The van der Waals surface area contributed by atoms with Crippen molar-refractivity contribution in [3.63, 3.8) is 0 Å². The van der Waals surface area contributed by atoms with Crippen molar-refractivity contribution >= 4 is 33.5 Å². The first-order valence-corrected chi connectivity index (χ1v) is 12.5. The Labute approximate surface area is 215 Å². The number of aromatic nitrogens is 4. The molecule has 0 radical (unpaired) electrons. The average Bonchev–Trinajstić information content (AvgIpc) is 3.23. The van der Waals surface area contributed by atoms with Crippen LogP contribution in [0.15, 0.2) is 47.7 Å². The molecule has 4 heterocycles. The molecule has 3 aromatic heterocycles. The maximum absolute atomic E-state index is 14.0. The molecule has 1 aromatic carbocycles. The van der Waals surface area contributed by atoms with Crippen LogP contribution >= 0.6 is 0 Å². The molecule has 0 saturated carbocycles. The molecule has 9 heteroatoms. The van der Waals surface area contributed by atoms with E-state index in [1.165, 1.54) is 11.2 Å². The van der Waals surface area contributed by atoms with Gasteiger partial charge in [0.05, 0.1) is 25.1 Å².